The Hall–Kier alpha value is -2.47. The van der Waals surface area contributed by atoms with Gasteiger partial charge in [0.15, 0.2) is 0 Å². The van der Waals surface area contributed by atoms with E-state index in [4.69, 9.17) is 11.6 Å². The Labute approximate surface area is 152 Å². The van der Waals surface area contributed by atoms with Crippen LogP contribution >= 0.6 is 11.6 Å². The van der Waals surface area contributed by atoms with E-state index < -0.39 is 0 Å². The number of hydrogen-bond donors (Lipinski definition) is 2. The second-order valence-electron chi connectivity index (χ2n) is 5.54. The van der Waals surface area contributed by atoms with Gasteiger partial charge in [0.05, 0.1) is 11.1 Å². The molecular weight excluding hydrogens is 340 g/mol. The number of aromatic nitrogens is 2. The Bertz CT molecular complexity index is 677. The Morgan fingerprint density at radius 3 is 2.04 bits per heavy atom. The van der Waals surface area contributed by atoms with Gasteiger partial charge in [-0.25, -0.2) is 4.98 Å². The van der Waals surface area contributed by atoms with Crippen LogP contribution in [0, 0.1) is 0 Å². The number of unbranched alkanes of at least 4 members (excludes halogenated alkanes) is 3. The van der Waals surface area contributed by atoms with Gasteiger partial charge in [0.25, 0.3) is 11.8 Å². The Balaban J connectivity index is 1.50. The van der Waals surface area contributed by atoms with Crippen LogP contribution in [0.25, 0.3) is 0 Å². The molecule has 0 unspecified atom stereocenters. The van der Waals surface area contributed by atoms with Crippen LogP contribution in [0.3, 0.4) is 0 Å². The normalized spacial score (nSPS) is 10.3. The van der Waals surface area contributed by atoms with Crippen LogP contribution in [0.1, 0.15) is 46.4 Å². The molecule has 7 heteroatoms. The van der Waals surface area contributed by atoms with E-state index in [9.17, 15) is 9.59 Å². The smallest absolute Gasteiger partial charge is 0.252 e. The van der Waals surface area contributed by atoms with Crippen molar-refractivity contribution < 1.29 is 9.59 Å². The van der Waals surface area contributed by atoms with Gasteiger partial charge in [-0.1, -0.05) is 24.4 Å². The van der Waals surface area contributed by atoms with E-state index in [0.717, 1.165) is 25.7 Å². The third-order valence-corrected chi connectivity index (χ3v) is 3.81. The van der Waals surface area contributed by atoms with Crippen LogP contribution < -0.4 is 10.6 Å². The first-order chi connectivity index (χ1) is 12.2. The standard InChI is InChI=1S/C18H21ClN4O2/c19-16-8-7-15(13-23-16)18(25)22-11-4-2-1-3-10-21-17(24)14-6-5-9-20-12-14/h5-9,12-13H,1-4,10-11H2,(H,21,24)(H,22,25). The molecule has 2 heterocycles. The fraction of sp³-hybridized carbons (Fsp3) is 0.333. The largest absolute Gasteiger partial charge is 0.352 e. The molecule has 25 heavy (non-hydrogen) atoms. The van der Waals surface area contributed by atoms with Crippen LogP contribution in [0.15, 0.2) is 42.9 Å². The van der Waals surface area contributed by atoms with Crippen molar-refractivity contribution in [2.45, 2.75) is 25.7 Å². The van der Waals surface area contributed by atoms with Gasteiger partial charge in [0, 0.05) is 31.7 Å². The summed E-state index contributed by atoms with van der Waals surface area (Å²) in [5.74, 6) is -0.246. The number of carbonyl (C=O) groups is 2. The average molecular weight is 361 g/mol. The van der Waals surface area contributed by atoms with E-state index in [1.165, 1.54) is 6.20 Å². The van der Waals surface area contributed by atoms with Crippen molar-refractivity contribution in [2.75, 3.05) is 13.1 Å². The lowest BCUT2D eigenvalue weighted by molar-refractivity contribution is 0.0943. The van der Waals surface area contributed by atoms with E-state index in [-0.39, 0.29) is 11.8 Å². The van der Waals surface area contributed by atoms with Gasteiger partial charge in [0.2, 0.25) is 0 Å². The summed E-state index contributed by atoms with van der Waals surface area (Å²) in [7, 11) is 0. The van der Waals surface area contributed by atoms with E-state index in [1.807, 2.05) is 0 Å². The quantitative estimate of drug-likeness (QED) is 0.532. The summed E-state index contributed by atoms with van der Waals surface area (Å²) in [4.78, 5) is 31.5. The number of carbonyl (C=O) groups excluding carboxylic acids is 2. The molecule has 0 saturated carbocycles. The predicted octanol–water partition coefficient (Wildman–Crippen LogP) is 2.85. The van der Waals surface area contributed by atoms with E-state index in [0.29, 0.717) is 29.4 Å². The lowest BCUT2D eigenvalue weighted by Crippen LogP contribution is -2.25. The zero-order valence-corrected chi connectivity index (χ0v) is 14.6. The van der Waals surface area contributed by atoms with Crippen LogP contribution in [-0.2, 0) is 0 Å². The molecule has 6 nitrogen and oxygen atoms in total. The third kappa shape index (κ3) is 6.89. The Morgan fingerprint density at radius 1 is 0.880 bits per heavy atom. The van der Waals surface area contributed by atoms with Crippen LogP contribution in [0.4, 0.5) is 0 Å². The summed E-state index contributed by atoms with van der Waals surface area (Å²) in [6, 6.07) is 6.72. The number of pyridine rings is 2. The summed E-state index contributed by atoms with van der Waals surface area (Å²) in [6.45, 7) is 1.25. The highest BCUT2D eigenvalue weighted by Crippen LogP contribution is 2.05. The van der Waals surface area contributed by atoms with Crippen molar-refractivity contribution in [2.24, 2.45) is 0 Å². The summed E-state index contributed by atoms with van der Waals surface area (Å²) in [5, 5.41) is 6.09. The molecule has 132 valence electrons. The zero-order chi connectivity index (χ0) is 17.9. The predicted molar refractivity (Wildman–Crippen MR) is 96.6 cm³/mol. The second kappa shape index (κ2) is 10.4. The van der Waals surface area contributed by atoms with Crippen molar-refractivity contribution in [3.05, 3.63) is 59.1 Å². The van der Waals surface area contributed by atoms with Gasteiger partial charge in [-0.15, -0.1) is 0 Å². The van der Waals surface area contributed by atoms with E-state index in [2.05, 4.69) is 20.6 Å². The lowest BCUT2D eigenvalue weighted by atomic mass is 10.2. The first kappa shape index (κ1) is 18.9. The van der Waals surface area contributed by atoms with Crippen molar-refractivity contribution >= 4 is 23.4 Å². The maximum absolute atomic E-state index is 11.9. The average Bonchev–Trinajstić information content (AvgIpc) is 2.64. The molecule has 0 saturated heterocycles. The molecular formula is C18H21ClN4O2. The minimum absolute atomic E-state index is 0.100. The molecule has 2 N–H and O–H groups in total. The minimum Gasteiger partial charge on any atom is -0.352 e. The van der Waals surface area contributed by atoms with Gasteiger partial charge in [-0.2, -0.15) is 0 Å². The van der Waals surface area contributed by atoms with Gasteiger partial charge in [-0.3, -0.25) is 14.6 Å². The van der Waals surface area contributed by atoms with Crippen molar-refractivity contribution in [3.8, 4) is 0 Å². The Kier molecular flexibility index (Phi) is 7.85. The van der Waals surface area contributed by atoms with Crippen molar-refractivity contribution in [1.29, 1.82) is 0 Å². The van der Waals surface area contributed by atoms with E-state index in [1.54, 1.807) is 36.7 Å². The highest BCUT2D eigenvalue weighted by Gasteiger charge is 2.05. The zero-order valence-electron chi connectivity index (χ0n) is 13.9. The number of nitrogens with zero attached hydrogens (tertiary/aromatic N) is 2. The number of amides is 2. The van der Waals surface area contributed by atoms with Crippen molar-refractivity contribution in [1.82, 2.24) is 20.6 Å². The molecule has 0 spiro atoms. The van der Waals surface area contributed by atoms with Crippen LogP contribution in [-0.4, -0.2) is 34.9 Å². The number of nitrogens with one attached hydrogen (secondary N) is 2. The minimum atomic E-state index is -0.145. The Morgan fingerprint density at radius 2 is 1.52 bits per heavy atom. The molecule has 0 aliphatic carbocycles. The molecule has 0 atom stereocenters. The highest BCUT2D eigenvalue weighted by atomic mass is 35.5. The summed E-state index contributed by atoms with van der Waals surface area (Å²) in [5.41, 5.74) is 1.07. The molecule has 2 aromatic heterocycles. The number of rotatable bonds is 9. The second-order valence-corrected chi connectivity index (χ2v) is 5.92. The maximum Gasteiger partial charge on any atom is 0.252 e. The fourth-order valence-corrected chi connectivity index (χ4v) is 2.33. The molecule has 2 rings (SSSR count). The van der Waals surface area contributed by atoms with Gasteiger partial charge >= 0.3 is 0 Å². The summed E-state index contributed by atoms with van der Waals surface area (Å²) >= 11 is 5.69. The SMILES string of the molecule is O=C(NCCCCCCNC(=O)c1ccc(Cl)nc1)c1cccnc1. The monoisotopic (exact) mass is 360 g/mol. The highest BCUT2D eigenvalue weighted by molar-refractivity contribution is 6.29. The molecule has 0 bridgehead atoms. The summed E-state index contributed by atoms with van der Waals surface area (Å²) in [6.07, 6.45) is 8.42. The molecule has 0 fully saturated rings. The van der Waals surface area contributed by atoms with Gasteiger partial charge in [-0.05, 0) is 37.1 Å². The molecule has 0 radical (unpaired) electrons. The first-order valence-electron chi connectivity index (χ1n) is 8.25. The fourth-order valence-electron chi connectivity index (χ4n) is 2.22. The van der Waals surface area contributed by atoms with Crippen LogP contribution in [0.2, 0.25) is 5.15 Å². The molecule has 0 aromatic carbocycles. The maximum atomic E-state index is 11.9. The van der Waals surface area contributed by atoms with Crippen LogP contribution in [0.5, 0.6) is 0 Å². The molecule has 0 aliphatic heterocycles. The molecule has 0 aliphatic rings. The molecule has 2 amide bonds. The van der Waals surface area contributed by atoms with E-state index >= 15 is 0 Å². The molecule has 2 aromatic rings. The first-order valence-corrected chi connectivity index (χ1v) is 8.62. The lowest BCUT2D eigenvalue weighted by Gasteiger charge is -2.06. The van der Waals surface area contributed by atoms with Crippen molar-refractivity contribution in [3.63, 3.8) is 0 Å². The summed E-state index contributed by atoms with van der Waals surface area (Å²) < 4.78 is 0. The van der Waals surface area contributed by atoms with Gasteiger partial charge in [0.1, 0.15) is 5.15 Å². The third-order valence-electron chi connectivity index (χ3n) is 3.59. The van der Waals surface area contributed by atoms with Gasteiger partial charge < -0.3 is 10.6 Å². The number of halogens is 1. The number of hydrogen-bond acceptors (Lipinski definition) is 4. The topological polar surface area (TPSA) is 84.0 Å².